The molecular weight excluding hydrogens is 276 g/mol. The Morgan fingerprint density at radius 2 is 1.90 bits per heavy atom. The third kappa shape index (κ3) is 2.79. The predicted molar refractivity (Wildman–Crippen MR) is 74.0 cm³/mol. The standard InChI is InChI=1S/C16H19F2NO2/c17-15(18)10-3-1-9(2-4-10)8-19-14-12-6-5-11(7-12)13(14)16(20)21/h1-4,11-15,19H,5-8H2,(H,20,21). The van der Waals surface area contributed by atoms with Crippen LogP contribution in [0, 0.1) is 17.8 Å². The fourth-order valence-corrected chi connectivity index (χ4v) is 3.96. The van der Waals surface area contributed by atoms with Crippen molar-refractivity contribution in [3.8, 4) is 0 Å². The Morgan fingerprint density at radius 3 is 2.52 bits per heavy atom. The molecule has 4 atom stereocenters. The van der Waals surface area contributed by atoms with E-state index in [0.717, 1.165) is 24.8 Å². The number of carboxylic acid groups (broad SMARTS) is 1. The Balaban J connectivity index is 1.63. The third-order valence-electron chi connectivity index (χ3n) is 4.98. The van der Waals surface area contributed by atoms with Crippen LogP contribution in [0.4, 0.5) is 8.78 Å². The van der Waals surface area contributed by atoms with Crippen LogP contribution in [-0.4, -0.2) is 17.1 Å². The van der Waals surface area contributed by atoms with Crippen molar-refractivity contribution < 1.29 is 18.7 Å². The molecule has 2 bridgehead atoms. The molecule has 0 heterocycles. The van der Waals surface area contributed by atoms with Crippen LogP contribution in [0.5, 0.6) is 0 Å². The molecule has 0 spiro atoms. The van der Waals surface area contributed by atoms with E-state index in [0.29, 0.717) is 18.4 Å². The maximum atomic E-state index is 12.5. The molecule has 2 fully saturated rings. The molecule has 2 aliphatic rings. The lowest BCUT2D eigenvalue weighted by Crippen LogP contribution is -2.43. The number of benzene rings is 1. The van der Waals surface area contributed by atoms with E-state index in [4.69, 9.17) is 0 Å². The van der Waals surface area contributed by atoms with Crippen molar-refractivity contribution in [3.63, 3.8) is 0 Å². The van der Waals surface area contributed by atoms with Gasteiger partial charge in [-0.15, -0.1) is 0 Å². The number of rotatable bonds is 5. The van der Waals surface area contributed by atoms with E-state index in [2.05, 4.69) is 5.32 Å². The molecule has 2 aliphatic carbocycles. The maximum absolute atomic E-state index is 12.5. The van der Waals surface area contributed by atoms with Gasteiger partial charge in [-0.3, -0.25) is 4.79 Å². The van der Waals surface area contributed by atoms with Gasteiger partial charge >= 0.3 is 5.97 Å². The van der Waals surface area contributed by atoms with Gasteiger partial charge in [-0.05, 0) is 36.7 Å². The molecule has 1 aromatic carbocycles. The second-order valence-electron chi connectivity index (χ2n) is 6.15. The van der Waals surface area contributed by atoms with Crippen molar-refractivity contribution in [1.29, 1.82) is 0 Å². The maximum Gasteiger partial charge on any atom is 0.308 e. The number of hydrogen-bond donors (Lipinski definition) is 2. The van der Waals surface area contributed by atoms with E-state index in [1.54, 1.807) is 12.1 Å². The summed E-state index contributed by atoms with van der Waals surface area (Å²) in [4.78, 5) is 11.4. The summed E-state index contributed by atoms with van der Waals surface area (Å²) in [5.74, 6) is -0.278. The highest BCUT2D eigenvalue weighted by Crippen LogP contribution is 2.48. The highest BCUT2D eigenvalue weighted by molar-refractivity contribution is 5.72. The van der Waals surface area contributed by atoms with Crippen LogP contribution in [0.2, 0.25) is 0 Å². The molecule has 21 heavy (non-hydrogen) atoms. The first-order chi connectivity index (χ1) is 10.1. The number of carbonyl (C=O) groups is 1. The summed E-state index contributed by atoms with van der Waals surface area (Å²) in [5.41, 5.74) is 0.924. The number of fused-ring (bicyclic) bond motifs is 2. The zero-order chi connectivity index (χ0) is 15.0. The number of nitrogens with one attached hydrogen (secondary N) is 1. The quantitative estimate of drug-likeness (QED) is 0.877. The first kappa shape index (κ1) is 14.4. The van der Waals surface area contributed by atoms with Gasteiger partial charge in [-0.25, -0.2) is 8.78 Å². The lowest BCUT2D eigenvalue weighted by atomic mass is 9.84. The van der Waals surface area contributed by atoms with Crippen LogP contribution in [-0.2, 0) is 11.3 Å². The Kier molecular flexibility index (Phi) is 3.93. The fourth-order valence-electron chi connectivity index (χ4n) is 3.96. The molecular formula is C16H19F2NO2. The number of aliphatic carboxylic acids is 1. The second kappa shape index (κ2) is 5.72. The minimum absolute atomic E-state index is 0.0102. The van der Waals surface area contributed by atoms with Crippen molar-refractivity contribution in [3.05, 3.63) is 35.4 Å². The summed E-state index contributed by atoms with van der Waals surface area (Å²) < 4.78 is 25.0. The molecule has 114 valence electrons. The van der Waals surface area contributed by atoms with Gasteiger partial charge in [0.2, 0.25) is 0 Å². The monoisotopic (exact) mass is 295 g/mol. The zero-order valence-electron chi connectivity index (χ0n) is 11.6. The average Bonchev–Trinajstić information content (AvgIpc) is 3.06. The summed E-state index contributed by atoms with van der Waals surface area (Å²) in [6, 6.07) is 6.22. The van der Waals surface area contributed by atoms with Crippen LogP contribution in [0.1, 0.15) is 36.8 Å². The van der Waals surface area contributed by atoms with Crippen molar-refractivity contribution in [2.24, 2.45) is 17.8 Å². The number of alkyl halides is 2. The Hall–Kier alpha value is -1.49. The van der Waals surface area contributed by atoms with Gasteiger partial charge in [-0.1, -0.05) is 24.3 Å². The highest BCUT2D eigenvalue weighted by atomic mass is 19.3. The van der Waals surface area contributed by atoms with Crippen LogP contribution in [0.15, 0.2) is 24.3 Å². The molecule has 2 N–H and O–H groups in total. The van der Waals surface area contributed by atoms with E-state index < -0.39 is 12.4 Å². The molecule has 0 aromatic heterocycles. The first-order valence-corrected chi connectivity index (χ1v) is 7.39. The van der Waals surface area contributed by atoms with Gasteiger partial charge in [0.1, 0.15) is 0 Å². The van der Waals surface area contributed by atoms with E-state index in [1.165, 1.54) is 12.1 Å². The van der Waals surface area contributed by atoms with Crippen molar-refractivity contribution >= 4 is 5.97 Å². The van der Waals surface area contributed by atoms with E-state index in [9.17, 15) is 18.7 Å². The molecule has 5 heteroatoms. The first-order valence-electron chi connectivity index (χ1n) is 7.39. The summed E-state index contributed by atoms with van der Waals surface area (Å²) in [6.45, 7) is 0.529. The number of halogens is 2. The summed E-state index contributed by atoms with van der Waals surface area (Å²) in [7, 11) is 0. The largest absolute Gasteiger partial charge is 0.481 e. The third-order valence-corrected chi connectivity index (χ3v) is 4.98. The van der Waals surface area contributed by atoms with Gasteiger partial charge < -0.3 is 10.4 Å². The molecule has 0 radical (unpaired) electrons. The molecule has 3 rings (SSSR count). The Labute approximate surface area is 122 Å². The van der Waals surface area contributed by atoms with Crippen LogP contribution in [0.25, 0.3) is 0 Å². The van der Waals surface area contributed by atoms with E-state index in [1.807, 2.05) is 0 Å². The number of hydrogen-bond acceptors (Lipinski definition) is 2. The highest BCUT2D eigenvalue weighted by Gasteiger charge is 2.50. The molecule has 0 saturated heterocycles. The zero-order valence-corrected chi connectivity index (χ0v) is 11.6. The molecule has 4 unspecified atom stereocenters. The van der Waals surface area contributed by atoms with Crippen LogP contribution >= 0.6 is 0 Å². The lowest BCUT2D eigenvalue weighted by Gasteiger charge is -2.29. The predicted octanol–water partition coefficient (Wildman–Crippen LogP) is 3.21. The van der Waals surface area contributed by atoms with Gasteiger partial charge in [-0.2, -0.15) is 0 Å². The van der Waals surface area contributed by atoms with E-state index >= 15 is 0 Å². The Morgan fingerprint density at radius 1 is 1.24 bits per heavy atom. The summed E-state index contributed by atoms with van der Waals surface area (Å²) in [6.07, 6.45) is 0.659. The normalized spacial score (nSPS) is 31.0. The van der Waals surface area contributed by atoms with Gasteiger partial charge in [0.25, 0.3) is 6.43 Å². The average molecular weight is 295 g/mol. The SMILES string of the molecule is O=C(O)C1C2CCC(C2)C1NCc1ccc(C(F)F)cc1. The molecule has 2 saturated carbocycles. The lowest BCUT2D eigenvalue weighted by molar-refractivity contribution is -0.144. The second-order valence-corrected chi connectivity index (χ2v) is 6.15. The fraction of sp³-hybridized carbons (Fsp3) is 0.562. The van der Waals surface area contributed by atoms with Gasteiger partial charge in [0.15, 0.2) is 0 Å². The summed E-state index contributed by atoms with van der Waals surface area (Å²) >= 11 is 0. The molecule has 0 amide bonds. The minimum atomic E-state index is -2.45. The van der Waals surface area contributed by atoms with Crippen molar-refractivity contribution in [2.45, 2.75) is 38.3 Å². The van der Waals surface area contributed by atoms with Gasteiger partial charge in [0.05, 0.1) is 5.92 Å². The summed E-state index contributed by atoms with van der Waals surface area (Å²) in [5, 5.41) is 12.7. The van der Waals surface area contributed by atoms with Crippen molar-refractivity contribution in [2.75, 3.05) is 0 Å². The van der Waals surface area contributed by atoms with Crippen LogP contribution < -0.4 is 5.32 Å². The molecule has 1 aromatic rings. The smallest absolute Gasteiger partial charge is 0.308 e. The van der Waals surface area contributed by atoms with Crippen LogP contribution in [0.3, 0.4) is 0 Å². The van der Waals surface area contributed by atoms with E-state index in [-0.39, 0.29) is 17.5 Å². The Bertz CT molecular complexity index is 518. The topological polar surface area (TPSA) is 49.3 Å². The molecule has 3 nitrogen and oxygen atoms in total. The minimum Gasteiger partial charge on any atom is -0.481 e. The van der Waals surface area contributed by atoms with Crippen molar-refractivity contribution in [1.82, 2.24) is 5.32 Å². The van der Waals surface area contributed by atoms with Gasteiger partial charge in [0, 0.05) is 18.2 Å². The molecule has 0 aliphatic heterocycles. The number of carboxylic acids is 1.